The number of hydrogen-bond donors (Lipinski definition) is 2. The largest absolute Gasteiger partial charge is 0.441 e. The predicted molar refractivity (Wildman–Crippen MR) is 69.2 cm³/mol. The molecule has 0 atom stereocenters. The fourth-order valence-electron chi connectivity index (χ4n) is 1.26. The summed E-state index contributed by atoms with van der Waals surface area (Å²) in [6, 6.07) is 4.87. The number of alkyl halides is 3. The molecule has 19 heavy (non-hydrogen) atoms. The molecular weight excluding hydrogens is 279 g/mol. The standard InChI is InChI=1S/C11H14F3N3OS/c1-2-15-9-5-3-4-8(17-9)10(18)16-6-7-19-11(12,13)14/h3-5H,2,6-7H2,1H3,(H,15,17)(H,16,18). The van der Waals surface area contributed by atoms with Crippen molar-refractivity contribution in [1.82, 2.24) is 10.3 Å². The van der Waals surface area contributed by atoms with Crippen LogP contribution in [0.3, 0.4) is 0 Å². The van der Waals surface area contributed by atoms with Gasteiger partial charge in [0, 0.05) is 18.8 Å². The minimum Gasteiger partial charge on any atom is -0.370 e. The number of hydrogen-bond acceptors (Lipinski definition) is 4. The Morgan fingerprint density at radius 1 is 1.42 bits per heavy atom. The van der Waals surface area contributed by atoms with Gasteiger partial charge in [0.1, 0.15) is 11.5 Å². The number of anilines is 1. The number of thioether (sulfide) groups is 1. The molecule has 0 unspecified atom stereocenters. The first kappa shape index (κ1) is 15.6. The highest BCUT2D eigenvalue weighted by atomic mass is 32.2. The van der Waals surface area contributed by atoms with Crippen LogP contribution in [0.25, 0.3) is 0 Å². The van der Waals surface area contributed by atoms with Gasteiger partial charge in [0.25, 0.3) is 5.91 Å². The monoisotopic (exact) mass is 293 g/mol. The number of carbonyl (C=O) groups is 1. The zero-order valence-corrected chi connectivity index (χ0v) is 11.1. The van der Waals surface area contributed by atoms with Gasteiger partial charge in [-0.15, -0.1) is 0 Å². The zero-order valence-electron chi connectivity index (χ0n) is 10.3. The van der Waals surface area contributed by atoms with E-state index < -0.39 is 11.4 Å². The molecule has 0 spiro atoms. The summed E-state index contributed by atoms with van der Waals surface area (Å²) in [6.07, 6.45) is 0. The molecule has 2 N–H and O–H groups in total. The van der Waals surface area contributed by atoms with E-state index in [4.69, 9.17) is 0 Å². The second-order valence-corrected chi connectivity index (χ2v) is 4.65. The van der Waals surface area contributed by atoms with Crippen LogP contribution in [0.15, 0.2) is 18.2 Å². The van der Waals surface area contributed by atoms with E-state index in [2.05, 4.69) is 15.6 Å². The normalized spacial score (nSPS) is 11.2. The van der Waals surface area contributed by atoms with Gasteiger partial charge in [-0.1, -0.05) is 6.07 Å². The number of pyridine rings is 1. The van der Waals surface area contributed by atoms with Crippen LogP contribution in [0, 0.1) is 0 Å². The van der Waals surface area contributed by atoms with Gasteiger partial charge in [-0.25, -0.2) is 4.98 Å². The molecule has 0 aromatic carbocycles. The second-order valence-electron chi connectivity index (χ2n) is 3.49. The van der Waals surface area contributed by atoms with Crippen molar-refractivity contribution >= 4 is 23.5 Å². The Kier molecular flexibility index (Phi) is 5.94. The average Bonchev–Trinajstić information content (AvgIpc) is 2.34. The maximum absolute atomic E-state index is 11.9. The minimum absolute atomic E-state index is 0.0594. The molecule has 0 aliphatic rings. The van der Waals surface area contributed by atoms with E-state index in [1.807, 2.05) is 6.92 Å². The van der Waals surface area contributed by atoms with Crippen molar-refractivity contribution in [2.75, 3.05) is 24.2 Å². The van der Waals surface area contributed by atoms with Gasteiger partial charge in [-0.2, -0.15) is 13.2 Å². The maximum Gasteiger partial charge on any atom is 0.441 e. The molecular formula is C11H14F3N3OS. The number of aromatic nitrogens is 1. The minimum atomic E-state index is -4.27. The summed E-state index contributed by atoms with van der Waals surface area (Å²) in [5.41, 5.74) is -4.09. The fraction of sp³-hybridized carbons (Fsp3) is 0.455. The molecule has 0 fully saturated rings. The van der Waals surface area contributed by atoms with Crippen molar-refractivity contribution < 1.29 is 18.0 Å². The Morgan fingerprint density at radius 3 is 2.79 bits per heavy atom. The third kappa shape index (κ3) is 6.32. The molecule has 4 nitrogen and oxygen atoms in total. The fourth-order valence-corrected chi connectivity index (χ4v) is 1.70. The third-order valence-electron chi connectivity index (χ3n) is 1.99. The Hall–Kier alpha value is -1.44. The smallest absolute Gasteiger partial charge is 0.370 e. The molecule has 1 rings (SSSR count). The quantitative estimate of drug-likeness (QED) is 0.791. The van der Waals surface area contributed by atoms with Crippen molar-refractivity contribution in [3.8, 4) is 0 Å². The van der Waals surface area contributed by atoms with E-state index in [1.54, 1.807) is 12.1 Å². The van der Waals surface area contributed by atoms with Crippen LogP contribution in [0.2, 0.25) is 0 Å². The lowest BCUT2D eigenvalue weighted by molar-refractivity contribution is -0.0327. The zero-order chi connectivity index (χ0) is 14.3. The molecule has 1 aromatic heterocycles. The van der Waals surface area contributed by atoms with Crippen LogP contribution in [-0.2, 0) is 0 Å². The average molecular weight is 293 g/mol. The highest BCUT2D eigenvalue weighted by molar-refractivity contribution is 8.00. The first-order valence-electron chi connectivity index (χ1n) is 5.62. The van der Waals surface area contributed by atoms with Gasteiger partial charge in [-0.05, 0) is 30.8 Å². The number of nitrogens with one attached hydrogen (secondary N) is 2. The van der Waals surface area contributed by atoms with E-state index in [0.717, 1.165) is 0 Å². The molecule has 0 saturated heterocycles. The van der Waals surface area contributed by atoms with E-state index in [1.165, 1.54) is 6.07 Å². The Balaban J connectivity index is 2.43. The molecule has 0 bridgehead atoms. The number of amides is 1. The van der Waals surface area contributed by atoms with Crippen molar-refractivity contribution in [3.63, 3.8) is 0 Å². The first-order chi connectivity index (χ1) is 8.92. The SMILES string of the molecule is CCNc1cccc(C(=O)NCCSC(F)(F)F)n1. The summed E-state index contributed by atoms with van der Waals surface area (Å²) in [5, 5.41) is 5.34. The second kappa shape index (κ2) is 7.22. The van der Waals surface area contributed by atoms with Gasteiger partial charge in [-0.3, -0.25) is 4.79 Å². The van der Waals surface area contributed by atoms with Crippen LogP contribution >= 0.6 is 11.8 Å². The van der Waals surface area contributed by atoms with E-state index in [9.17, 15) is 18.0 Å². The van der Waals surface area contributed by atoms with Crippen LogP contribution < -0.4 is 10.6 Å². The lowest BCUT2D eigenvalue weighted by Gasteiger charge is -2.08. The summed E-state index contributed by atoms with van der Waals surface area (Å²) in [5.74, 6) is -0.148. The summed E-state index contributed by atoms with van der Waals surface area (Å²) in [7, 11) is 0. The summed E-state index contributed by atoms with van der Waals surface area (Å²) in [6.45, 7) is 2.50. The Morgan fingerprint density at radius 2 is 2.16 bits per heavy atom. The Labute approximate surface area is 113 Å². The van der Waals surface area contributed by atoms with Crippen molar-refractivity contribution in [2.45, 2.75) is 12.4 Å². The van der Waals surface area contributed by atoms with E-state index in [-0.39, 0.29) is 29.8 Å². The molecule has 0 radical (unpaired) electrons. The van der Waals surface area contributed by atoms with E-state index >= 15 is 0 Å². The van der Waals surface area contributed by atoms with Crippen LogP contribution in [0.1, 0.15) is 17.4 Å². The number of rotatable bonds is 6. The van der Waals surface area contributed by atoms with Crippen molar-refractivity contribution in [1.29, 1.82) is 0 Å². The Bertz CT molecular complexity index is 426. The molecule has 1 heterocycles. The lowest BCUT2D eigenvalue weighted by atomic mass is 10.3. The molecule has 0 aliphatic carbocycles. The molecule has 0 saturated carbocycles. The molecule has 1 amide bonds. The number of halogens is 3. The highest BCUT2D eigenvalue weighted by Gasteiger charge is 2.27. The van der Waals surface area contributed by atoms with Crippen molar-refractivity contribution in [2.24, 2.45) is 0 Å². The third-order valence-corrected chi connectivity index (χ3v) is 2.73. The van der Waals surface area contributed by atoms with Gasteiger partial charge in [0.2, 0.25) is 0 Å². The molecule has 0 aliphatic heterocycles. The summed E-state index contributed by atoms with van der Waals surface area (Å²) < 4.78 is 35.6. The summed E-state index contributed by atoms with van der Waals surface area (Å²) >= 11 is -0.165. The maximum atomic E-state index is 11.9. The highest BCUT2D eigenvalue weighted by Crippen LogP contribution is 2.29. The van der Waals surface area contributed by atoms with Crippen LogP contribution in [0.5, 0.6) is 0 Å². The van der Waals surface area contributed by atoms with Gasteiger partial charge >= 0.3 is 5.51 Å². The summed E-state index contributed by atoms with van der Waals surface area (Å²) in [4.78, 5) is 15.7. The topological polar surface area (TPSA) is 54.0 Å². The molecule has 106 valence electrons. The van der Waals surface area contributed by atoms with Crippen LogP contribution in [0.4, 0.5) is 19.0 Å². The molecule has 8 heteroatoms. The lowest BCUT2D eigenvalue weighted by Crippen LogP contribution is -2.27. The predicted octanol–water partition coefficient (Wildman–Crippen LogP) is 2.50. The van der Waals surface area contributed by atoms with Crippen molar-refractivity contribution in [3.05, 3.63) is 23.9 Å². The first-order valence-corrected chi connectivity index (χ1v) is 6.60. The number of carbonyl (C=O) groups excluding carboxylic acids is 1. The molecule has 1 aromatic rings. The van der Waals surface area contributed by atoms with Gasteiger partial charge in [0.15, 0.2) is 0 Å². The van der Waals surface area contributed by atoms with E-state index in [0.29, 0.717) is 12.4 Å². The van der Waals surface area contributed by atoms with Gasteiger partial charge < -0.3 is 10.6 Å². The van der Waals surface area contributed by atoms with Gasteiger partial charge in [0.05, 0.1) is 0 Å². The number of nitrogens with zero attached hydrogens (tertiary/aromatic N) is 1. The van der Waals surface area contributed by atoms with Crippen LogP contribution in [-0.4, -0.2) is 35.2 Å².